The van der Waals surface area contributed by atoms with E-state index in [2.05, 4.69) is 5.32 Å². The average molecular weight is 250 g/mol. The third-order valence-electron chi connectivity index (χ3n) is 2.85. The fraction of sp³-hybridized carbons (Fsp3) is 1.00. The standard InChI is InChI=1S/C10H22N2O3S/c1-9(2)12(6-7-15-3)16(13,14)10-4-5-11-8-10/h9-11H,4-8H2,1-3H3. The summed E-state index contributed by atoms with van der Waals surface area (Å²) in [5.74, 6) is 0. The zero-order valence-corrected chi connectivity index (χ0v) is 11.1. The van der Waals surface area contributed by atoms with Crippen LogP contribution in [0.3, 0.4) is 0 Å². The van der Waals surface area contributed by atoms with Gasteiger partial charge in [-0.15, -0.1) is 0 Å². The Bertz CT molecular complexity index is 297. The molecule has 1 N–H and O–H groups in total. The highest BCUT2D eigenvalue weighted by atomic mass is 32.2. The summed E-state index contributed by atoms with van der Waals surface area (Å²) in [6, 6.07) is -0.0132. The van der Waals surface area contributed by atoms with Crippen molar-refractivity contribution in [1.29, 1.82) is 0 Å². The molecule has 0 aromatic carbocycles. The first kappa shape index (κ1) is 13.9. The van der Waals surface area contributed by atoms with Crippen molar-refractivity contribution in [3.63, 3.8) is 0 Å². The third-order valence-corrected chi connectivity index (χ3v) is 5.36. The highest BCUT2D eigenvalue weighted by Crippen LogP contribution is 2.17. The molecule has 0 aromatic heterocycles. The van der Waals surface area contributed by atoms with E-state index in [-0.39, 0.29) is 11.3 Å². The molecule has 5 nitrogen and oxygen atoms in total. The largest absolute Gasteiger partial charge is 0.383 e. The molecule has 1 fully saturated rings. The van der Waals surface area contributed by atoms with Crippen LogP contribution in [0.15, 0.2) is 0 Å². The van der Waals surface area contributed by atoms with Gasteiger partial charge in [0.25, 0.3) is 0 Å². The Morgan fingerprint density at radius 3 is 2.62 bits per heavy atom. The van der Waals surface area contributed by atoms with Gasteiger partial charge >= 0.3 is 0 Å². The summed E-state index contributed by atoms with van der Waals surface area (Å²) in [6.45, 7) is 6.04. The molecule has 0 radical (unpaired) electrons. The molecule has 1 unspecified atom stereocenters. The van der Waals surface area contributed by atoms with Crippen LogP contribution < -0.4 is 5.32 Å². The molecule has 0 aromatic rings. The van der Waals surface area contributed by atoms with E-state index in [9.17, 15) is 8.42 Å². The highest BCUT2D eigenvalue weighted by Gasteiger charge is 2.35. The molecule has 96 valence electrons. The maximum atomic E-state index is 12.3. The van der Waals surface area contributed by atoms with Crippen LogP contribution in [-0.4, -0.2) is 57.4 Å². The second kappa shape index (κ2) is 5.95. The summed E-state index contributed by atoms with van der Waals surface area (Å²) >= 11 is 0. The van der Waals surface area contributed by atoms with E-state index < -0.39 is 10.0 Å². The predicted octanol–water partition coefficient (Wildman–Crippen LogP) is 0.0349. The van der Waals surface area contributed by atoms with Crippen molar-refractivity contribution in [1.82, 2.24) is 9.62 Å². The number of methoxy groups -OCH3 is 1. The molecule has 16 heavy (non-hydrogen) atoms. The lowest BCUT2D eigenvalue weighted by molar-refractivity contribution is 0.170. The zero-order valence-electron chi connectivity index (χ0n) is 10.3. The summed E-state index contributed by atoms with van der Waals surface area (Å²) in [6.07, 6.45) is 0.707. The van der Waals surface area contributed by atoms with Crippen molar-refractivity contribution < 1.29 is 13.2 Å². The maximum absolute atomic E-state index is 12.3. The van der Waals surface area contributed by atoms with Gasteiger partial charge in [0.2, 0.25) is 10.0 Å². The Hall–Kier alpha value is -0.170. The predicted molar refractivity (Wildman–Crippen MR) is 63.9 cm³/mol. The molecular weight excluding hydrogens is 228 g/mol. The molecular formula is C10H22N2O3S. The van der Waals surface area contributed by atoms with Gasteiger partial charge in [-0.3, -0.25) is 0 Å². The molecule has 1 atom stereocenters. The smallest absolute Gasteiger partial charge is 0.218 e. The minimum Gasteiger partial charge on any atom is -0.383 e. The van der Waals surface area contributed by atoms with Crippen LogP contribution in [-0.2, 0) is 14.8 Å². The molecule has 0 bridgehead atoms. The van der Waals surface area contributed by atoms with Crippen LogP contribution in [0.5, 0.6) is 0 Å². The quantitative estimate of drug-likeness (QED) is 0.723. The number of sulfonamides is 1. The lowest BCUT2D eigenvalue weighted by Gasteiger charge is -2.28. The van der Waals surface area contributed by atoms with Crippen molar-refractivity contribution in [2.24, 2.45) is 0 Å². The Morgan fingerprint density at radius 1 is 1.50 bits per heavy atom. The van der Waals surface area contributed by atoms with Crippen LogP contribution in [0.4, 0.5) is 0 Å². The van der Waals surface area contributed by atoms with Crippen molar-refractivity contribution in [2.45, 2.75) is 31.6 Å². The van der Waals surface area contributed by atoms with E-state index in [1.165, 1.54) is 0 Å². The minimum absolute atomic E-state index is 0.0132. The fourth-order valence-electron chi connectivity index (χ4n) is 1.93. The van der Waals surface area contributed by atoms with Gasteiger partial charge in [-0.25, -0.2) is 8.42 Å². The third kappa shape index (κ3) is 3.16. The Morgan fingerprint density at radius 2 is 2.19 bits per heavy atom. The van der Waals surface area contributed by atoms with Crippen molar-refractivity contribution >= 4 is 10.0 Å². The minimum atomic E-state index is -3.18. The van der Waals surface area contributed by atoms with E-state index in [1.807, 2.05) is 13.8 Å². The van der Waals surface area contributed by atoms with Crippen LogP contribution in [0, 0.1) is 0 Å². The Kier molecular flexibility index (Phi) is 5.17. The van der Waals surface area contributed by atoms with E-state index in [0.717, 1.165) is 6.54 Å². The summed E-state index contributed by atoms with van der Waals surface area (Å²) in [7, 11) is -1.60. The van der Waals surface area contributed by atoms with Crippen LogP contribution in [0.2, 0.25) is 0 Å². The molecule has 1 aliphatic heterocycles. The number of nitrogens with one attached hydrogen (secondary N) is 1. The first-order valence-corrected chi connectivity index (χ1v) is 7.20. The number of rotatable bonds is 6. The SMILES string of the molecule is COCCN(C(C)C)S(=O)(=O)C1CCNC1. The molecule has 1 saturated heterocycles. The fourth-order valence-corrected chi connectivity index (χ4v) is 3.98. The lowest BCUT2D eigenvalue weighted by atomic mass is 10.4. The van der Waals surface area contributed by atoms with E-state index in [1.54, 1.807) is 11.4 Å². The van der Waals surface area contributed by atoms with Gasteiger partial charge < -0.3 is 10.1 Å². The molecule has 0 spiro atoms. The number of hydrogen-bond donors (Lipinski definition) is 1. The van der Waals surface area contributed by atoms with Crippen molar-refractivity contribution in [2.75, 3.05) is 33.4 Å². The monoisotopic (exact) mass is 250 g/mol. The van der Waals surface area contributed by atoms with Gasteiger partial charge in [-0.05, 0) is 26.8 Å². The summed E-state index contributed by atoms with van der Waals surface area (Å²) in [5.41, 5.74) is 0. The number of hydrogen-bond acceptors (Lipinski definition) is 4. The van der Waals surface area contributed by atoms with Gasteiger partial charge in [-0.1, -0.05) is 0 Å². The molecule has 0 saturated carbocycles. The van der Waals surface area contributed by atoms with Crippen LogP contribution >= 0.6 is 0 Å². The van der Waals surface area contributed by atoms with Crippen molar-refractivity contribution in [3.8, 4) is 0 Å². The summed E-state index contributed by atoms with van der Waals surface area (Å²) in [4.78, 5) is 0. The lowest BCUT2D eigenvalue weighted by Crippen LogP contribution is -2.45. The topological polar surface area (TPSA) is 58.6 Å². The first-order chi connectivity index (χ1) is 7.50. The van der Waals surface area contributed by atoms with Crippen LogP contribution in [0.1, 0.15) is 20.3 Å². The molecule has 1 aliphatic rings. The molecule has 1 rings (SSSR count). The number of nitrogens with zero attached hydrogens (tertiary/aromatic N) is 1. The highest BCUT2D eigenvalue weighted by molar-refractivity contribution is 7.89. The Balaban J connectivity index is 2.74. The summed E-state index contributed by atoms with van der Waals surface area (Å²) < 4.78 is 31.1. The Labute approximate surface area is 98.2 Å². The van der Waals surface area contributed by atoms with Crippen molar-refractivity contribution in [3.05, 3.63) is 0 Å². The van der Waals surface area contributed by atoms with Gasteiger partial charge in [0.1, 0.15) is 0 Å². The summed E-state index contributed by atoms with van der Waals surface area (Å²) in [5, 5.41) is 2.82. The molecule has 6 heteroatoms. The van der Waals surface area contributed by atoms with Gasteiger partial charge in [0, 0.05) is 26.2 Å². The van der Waals surface area contributed by atoms with Gasteiger partial charge in [0.15, 0.2) is 0 Å². The van der Waals surface area contributed by atoms with Gasteiger partial charge in [-0.2, -0.15) is 4.31 Å². The second-order valence-corrected chi connectivity index (χ2v) is 6.52. The molecule has 1 heterocycles. The zero-order chi connectivity index (χ0) is 12.2. The van der Waals surface area contributed by atoms with Crippen LogP contribution in [0.25, 0.3) is 0 Å². The number of ether oxygens (including phenoxy) is 1. The first-order valence-electron chi connectivity index (χ1n) is 5.70. The van der Waals surface area contributed by atoms with E-state index in [4.69, 9.17) is 4.74 Å². The maximum Gasteiger partial charge on any atom is 0.218 e. The molecule has 0 aliphatic carbocycles. The molecule has 0 amide bonds. The van der Waals surface area contributed by atoms with E-state index in [0.29, 0.717) is 26.1 Å². The second-order valence-electron chi connectivity index (χ2n) is 4.36. The van der Waals surface area contributed by atoms with Gasteiger partial charge in [0.05, 0.1) is 11.9 Å². The van der Waals surface area contributed by atoms with E-state index >= 15 is 0 Å². The average Bonchev–Trinajstić information content (AvgIpc) is 2.70. The normalized spacial score (nSPS) is 22.2.